The van der Waals surface area contributed by atoms with Crippen LogP contribution in [0.25, 0.3) is 0 Å². The van der Waals surface area contributed by atoms with Crippen LogP contribution in [0.1, 0.15) is 22.3 Å². The highest BCUT2D eigenvalue weighted by atomic mass is 35.7. The fourth-order valence-corrected chi connectivity index (χ4v) is 8.78. The van der Waals surface area contributed by atoms with E-state index in [0.717, 1.165) is 52.6 Å². The van der Waals surface area contributed by atoms with E-state index in [0.29, 0.717) is 6.07 Å². The van der Waals surface area contributed by atoms with Crippen molar-refractivity contribution >= 4 is 101 Å². The first-order valence-electron chi connectivity index (χ1n) is 13.5. The van der Waals surface area contributed by atoms with Crippen molar-refractivity contribution in [3.63, 3.8) is 0 Å². The highest BCUT2D eigenvalue weighted by Crippen LogP contribution is 2.26. The molecular weight excluding hydrogens is 882 g/mol. The molecule has 0 bridgehead atoms. The molecule has 0 aliphatic carbocycles. The van der Waals surface area contributed by atoms with Crippen LogP contribution in [0.3, 0.4) is 0 Å². The minimum atomic E-state index is -4.75. The van der Waals surface area contributed by atoms with E-state index >= 15 is 0 Å². The van der Waals surface area contributed by atoms with E-state index in [1.807, 2.05) is 50.2 Å². The zero-order valence-electron chi connectivity index (χ0n) is 27.1. The molecule has 0 aliphatic rings. The van der Waals surface area contributed by atoms with Crippen LogP contribution in [-0.2, 0) is 73.4 Å². The van der Waals surface area contributed by atoms with Crippen LogP contribution in [0.15, 0.2) is 114 Å². The maximum Gasteiger partial charge on any atom is 0.294 e. The highest BCUT2D eigenvalue weighted by molar-refractivity contribution is 8.14. The van der Waals surface area contributed by atoms with Gasteiger partial charge in [-0.2, -0.15) is 36.6 Å². The second-order valence-corrected chi connectivity index (χ2v) is 20.8. The SMILES string of the molecule is Cc1ccc(CNS(=O)c2cc(S(=O)(=O)Cl)cc(S(=O)(=O)Cl)c2)cc1.Cc1ccc(CNS(=O)c2cc(S(=O)(=O)O)cc(S(=O)(=O)O)c2)cc1.P.P. The summed E-state index contributed by atoms with van der Waals surface area (Å²) in [5.41, 5.74) is 3.77. The van der Waals surface area contributed by atoms with Gasteiger partial charge in [0.25, 0.3) is 38.3 Å². The molecule has 4 aromatic rings. The molecule has 0 spiro atoms. The quantitative estimate of drug-likeness (QED) is 0.0895. The molecule has 4 atom stereocenters. The van der Waals surface area contributed by atoms with Gasteiger partial charge in [-0.1, -0.05) is 59.7 Å². The van der Waals surface area contributed by atoms with E-state index in [4.69, 9.17) is 30.5 Å². The van der Waals surface area contributed by atoms with Crippen LogP contribution in [0.2, 0.25) is 0 Å². The van der Waals surface area contributed by atoms with Gasteiger partial charge in [0.15, 0.2) is 0 Å². The number of hydrogen-bond acceptors (Lipinski definition) is 10. The van der Waals surface area contributed by atoms with Crippen molar-refractivity contribution in [1.29, 1.82) is 0 Å². The Balaban J connectivity index is 0.000000501. The maximum atomic E-state index is 12.4. The van der Waals surface area contributed by atoms with E-state index in [2.05, 4.69) is 9.44 Å². The van der Waals surface area contributed by atoms with Gasteiger partial charge < -0.3 is 0 Å². The minimum absolute atomic E-state index is 0. The number of nitrogens with one attached hydrogen (secondary N) is 2. The van der Waals surface area contributed by atoms with Gasteiger partial charge in [0.1, 0.15) is 22.0 Å². The molecule has 14 nitrogen and oxygen atoms in total. The Hall–Kier alpha value is -1.74. The highest BCUT2D eigenvalue weighted by Gasteiger charge is 2.22. The Morgan fingerprint density at radius 3 is 1.06 bits per heavy atom. The van der Waals surface area contributed by atoms with Gasteiger partial charge in [0.05, 0.1) is 29.4 Å². The van der Waals surface area contributed by atoms with Gasteiger partial charge in [-0.3, -0.25) is 9.11 Å². The Labute approximate surface area is 323 Å². The molecule has 0 heterocycles. The van der Waals surface area contributed by atoms with E-state index in [1.54, 1.807) is 12.1 Å². The Morgan fingerprint density at radius 2 is 0.788 bits per heavy atom. The lowest BCUT2D eigenvalue weighted by Gasteiger charge is -2.08. The van der Waals surface area contributed by atoms with Crippen molar-refractivity contribution in [2.24, 2.45) is 0 Å². The zero-order valence-corrected chi connectivity index (χ0v) is 36.3. The van der Waals surface area contributed by atoms with Gasteiger partial charge >= 0.3 is 0 Å². The Bertz CT molecular complexity index is 2110. The Morgan fingerprint density at radius 1 is 0.519 bits per heavy atom. The molecule has 4 N–H and O–H groups in total. The van der Waals surface area contributed by atoms with Crippen molar-refractivity contribution < 1.29 is 51.2 Å². The summed E-state index contributed by atoms with van der Waals surface area (Å²) in [5, 5.41) is 0. The minimum Gasteiger partial charge on any atom is -0.282 e. The van der Waals surface area contributed by atoms with Crippen LogP contribution in [0.4, 0.5) is 0 Å². The molecule has 52 heavy (non-hydrogen) atoms. The molecule has 4 unspecified atom stereocenters. The van der Waals surface area contributed by atoms with E-state index in [9.17, 15) is 42.1 Å². The van der Waals surface area contributed by atoms with Crippen LogP contribution in [0.5, 0.6) is 0 Å². The smallest absolute Gasteiger partial charge is 0.282 e. The predicted molar refractivity (Wildman–Crippen MR) is 210 cm³/mol. The normalized spacial score (nSPS) is 13.0. The molecule has 0 fully saturated rings. The molecule has 0 saturated heterocycles. The summed E-state index contributed by atoms with van der Waals surface area (Å²) in [5.74, 6) is 0. The first kappa shape index (κ1) is 48.3. The second-order valence-electron chi connectivity index (χ2n) is 10.3. The molecule has 0 radical (unpaired) electrons. The van der Waals surface area contributed by atoms with Crippen molar-refractivity contribution in [2.45, 2.75) is 56.3 Å². The summed E-state index contributed by atoms with van der Waals surface area (Å²) in [6.07, 6.45) is 0. The van der Waals surface area contributed by atoms with Crippen molar-refractivity contribution in [1.82, 2.24) is 9.44 Å². The Kier molecular flexibility index (Phi) is 18.3. The third-order valence-corrected chi connectivity index (χ3v) is 12.8. The number of benzene rings is 4. The average Bonchev–Trinajstić information content (AvgIpc) is 3.02. The zero-order chi connectivity index (χ0) is 37.7. The average molecular weight is 916 g/mol. The van der Waals surface area contributed by atoms with Gasteiger partial charge in [0, 0.05) is 34.5 Å². The van der Waals surface area contributed by atoms with E-state index in [1.165, 1.54) is 0 Å². The number of aryl methyl sites for hydroxylation is 2. The lowest BCUT2D eigenvalue weighted by Crippen LogP contribution is -2.17. The van der Waals surface area contributed by atoms with E-state index in [-0.39, 0.29) is 42.7 Å². The molecule has 4 aromatic carbocycles. The lowest BCUT2D eigenvalue weighted by atomic mass is 10.2. The van der Waals surface area contributed by atoms with Crippen molar-refractivity contribution in [2.75, 3.05) is 0 Å². The monoisotopic (exact) mass is 914 g/mol. The first-order valence-corrected chi connectivity index (χ1v) is 23.3. The summed E-state index contributed by atoms with van der Waals surface area (Å²) in [4.78, 5) is -2.89. The largest absolute Gasteiger partial charge is 0.294 e. The molecule has 0 aliphatic heterocycles. The number of rotatable bonds is 12. The van der Waals surface area contributed by atoms with E-state index < -0.39 is 79.9 Å². The summed E-state index contributed by atoms with van der Waals surface area (Å²) in [6, 6.07) is 20.0. The van der Waals surface area contributed by atoms with Crippen LogP contribution < -0.4 is 9.44 Å². The third-order valence-electron chi connectivity index (χ3n) is 6.35. The van der Waals surface area contributed by atoms with Crippen molar-refractivity contribution in [3.8, 4) is 0 Å². The standard InChI is InChI=1S/C14H13Cl2NO5S3.C14H15NO7S3.2H3P/c1-10-2-4-11(5-3-10)9-17-23(18)12-6-13(24(15,19)20)8-14(7-12)25(16,21)22;1-10-2-4-11(5-3-10)9-15-23(16)12-6-13(24(17,18)19)8-14(7-12)25(20,21)22;;/h2-8,17H,9H2,1H3;2-8,15H,9H2,1H3,(H,17,18,19)(H,20,21,22);2*1H3. The summed E-state index contributed by atoms with van der Waals surface area (Å²) in [7, 11) is -11.3. The van der Waals surface area contributed by atoms with Gasteiger partial charge in [-0.15, -0.1) is 0 Å². The summed E-state index contributed by atoms with van der Waals surface area (Å²) >= 11 is 0. The molecule has 0 saturated carbocycles. The van der Waals surface area contributed by atoms with Crippen LogP contribution in [0, 0.1) is 13.8 Å². The van der Waals surface area contributed by atoms with Gasteiger partial charge in [0.2, 0.25) is 0 Å². The second kappa shape index (κ2) is 19.7. The fourth-order valence-electron chi connectivity index (χ4n) is 3.76. The molecular formula is C28H34Cl2N2O12P2S6. The lowest BCUT2D eigenvalue weighted by molar-refractivity contribution is 0.480. The molecule has 0 aromatic heterocycles. The summed E-state index contributed by atoms with van der Waals surface area (Å²) < 4.78 is 139. The third kappa shape index (κ3) is 15.2. The maximum absolute atomic E-state index is 12.4. The number of halogens is 2. The topological polar surface area (TPSA) is 235 Å². The summed E-state index contributed by atoms with van der Waals surface area (Å²) in [6.45, 7) is 4.24. The first-order chi connectivity index (χ1) is 22.9. The molecule has 0 amide bonds. The molecule has 288 valence electrons. The van der Waals surface area contributed by atoms with Crippen LogP contribution >= 0.6 is 41.2 Å². The van der Waals surface area contributed by atoms with Gasteiger partial charge in [-0.05, 0) is 61.4 Å². The fraction of sp³-hybridized carbons (Fsp3) is 0.143. The van der Waals surface area contributed by atoms with Crippen LogP contribution in [-0.4, -0.2) is 51.2 Å². The molecule has 4 rings (SSSR count). The molecule has 24 heteroatoms. The van der Waals surface area contributed by atoms with Crippen molar-refractivity contribution in [3.05, 3.63) is 107 Å². The van der Waals surface area contributed by atoms with Gasteiger partial charge in [-0.25, -0.2) is 34.7 Å². The predicted octanol–water partition coefficient (Wildman–Crippen LogP) is 4.08. The number of hydrogen-bond donors (Lipinski definition) is 4.